The van der Waals surface area contributed by atoms with Gasteiger partial charge in [0.05, 0.1) is 24.1 Å². The lowest BCUT2D eigenvalue weighted by Crippen LogP contribution is -2.38. The Morgan fingerprint density at radius 2 is 2.07 bits per heavy atom. The van der Waals surface area contributed by atoms with Gasteiger partial charge in [0.1, 0.15) is 12.0 Å². The maximum absolute atomic E-state index is 12.6. The van der Waals surface area contributed by atoms with Crippen LogP contribution in [0.5, 0.6) is 5.75 Å². The molecule has 0 atom stereocenters. The summed E-state index contributed by atoms with van der Waals surface area (Å²) in [5, 5.41) is 3.31. The molecule has 0 spiro atoms. The Morgan fingerprint density at radius 3 is 2.77 bits per heavy atom. The molecule has 2 amide bonds. The average Bonchev–Trinajstić information content (AvgIpc) is 3.41. The fraction of sp³-hybridized carbons (Fsp3) is 0.318. The number of carbonyl (C=O) groups excluding carboxylic acids is 2. The Labute approximate surface area is 178 Å². The monoisotopic (exact) mass is 425 g/mol. The van der Waals surface area contributed by atoms with Crippen LogP contribution in [0.1, 0.15) is 46.3 Å². The quantitative estimate of drug-likeness (QED) is 0.643. The van der Waals surface area contributed by atoms with Gasteiger partial charge in [-0.05, 0) is 29.7 Å². The Kier molecular flexibility index (Phi) is 5.85. The molecule has 4 rings (SSSR count). The molecule has 1 aliphatic rings. The fourth-order valence-corrected chi connectivity index (χ4v) is 4.23. The Bertz CT molecular complexity index is 1030. The lowest BCUT2D eigenvalue weighted by Gasteiger charge is -2.26. The van der Waals surface area contributed by atoms with Crippen molar-refractivity contribution in [2.45, 2.75) is 32.7 Å². The third kappa shape index (κ3) is 4.54. The molecule has 0 bridgehead atoms. The van der Waals surface area contributed by atoms with E-state index in [-0.39, 0.29) is 18.4 Å². The number of aromatic nitrogens is 1. The van der Waals surface area contributed by atoms with Crippen molar-refractivity contribution in [2.75, 3.05) is 18.5 Å². The molecule has 156 valence electrons. The van der Waals surface area contributed by atoms with Crippen molar-refractivity contribution in [1.29, 1.82) is 0 Å². The van der Waals surface area contributed by atoms with Crippen molar-refractivity contribution < 1.29 is 18.7 Å². The second kappa shape index (κ2) is 8.71. The van der Waals surface area contributed by atoms with Gasteiger partial charge >= 0.3 is 0 Å². The van der Waals surface area contributed by atoms with Crippen LogP contribution in [0.25, 0.3) is 0 Å². The van der Waals surface area contributed by atoms with Crippen LogP contribution in [0.2, 0.25) is 0 Å². The first-order valence-electron chi connectivity index (χ1n) is 9.82. The number of hydrogen-bond acceptors (Lipinski definition) is 6. The minimum atomic E-state index is -0.264. The molecule has 8 heteroatoms. The largest absolute Gasteiger partial charge is 0.484 e. The lowest BCUT2D eigenvalue weighted by atomic mass is 10.0. The summed E-state index contributed by atoms with van der Waals surface area (Å²) in [6, 6.07) is 9.44. The number of furan rings is 1. The number of nitrogens with one attached hydrogen (secondary N) is 1. The van der Waals surface area contributed by atoms with E-state index in [1.807, 2.05) is 24.3 Å². The van der Waals surface area contributed by atoms with E-state index < -0.39 is 0 Å². The van der Waals surface area contributed by atoms with Gasteiger partial charge in [0, 0.05) is 17.8 Å². The molecule has 30 heavy (non-hydrogen) atoms. The topological polar surface area (TPSA) is 84.7 Å². The number of fused-ring (bicyclic) bond motifs is 1. The average molecular weight is 426 g/mol. The number of hydrogen-bond donors (Lipinski definition) is 1. The van der Waals surface area contributed by atoms with Gasteiger partial charge in [0.15, 0.2) is 11.7 Å². The van der Waals surface area contributed by atoms with Crippen LogP contribution >= 0.6 is 11.3 Å². The minimum absolute atomic E-state index is 0.000749. The second-order valence-electron chi connectivity index (χ2n) is 7.43. The third-order valence-corrected chi connectivity index (χ3v) is 5.99. The van der Waals surface area contributed by atoms with Gasteiger partial charge in [0.25, 0.3) is 11.8 Å². The van der Waals surface area contributed by atoms with Crippen LogP contribution in [-0.2, 0) is 17.8 Å². The van der Waals surface area contributed by atoms with Gasteiger partial charge in [-0.25, -0.2) is 4.98 Å². The lowest BCUT2D eigenvalue weighted by molar-refractivity contribution is -0.134. The molecule has 3 heterocycles. The van der Waals surface area contributed by atoms with Crippen molar-refractivity contribution in [3.8, 4) is 5.75 Å². The minimum Gasteiger partial charge on any atom is -0.484 e. The van der Waals surface area contributed by atoms with E-state index in [1.54, 1.807) is 11.0 Å². The number of anilines is 1. The summed E-state index contributed by atoms with van der Waals surface area (Å²) in [4.78, 5) is 32.0. The fourth-order valence-electron chi connectivity index (χ4n) is 3.21. The van der Waals surface area contributed by atoms with Crippen LogP contribution in [0.4, 0.5) is 5.13 Å². The predicted octanol–water partition coefficient (Wildman–Crippen LogP) is 4.08. The zero-order chi connectivity index (χ0) is 21.1. The van der Waals surface area contributed by atoms with Gasteiger partial charge in [-0.1, -0.05) is 37.3 Å². The highest BCUT2D eigenvalue weighted by atomic mass is 32.1. The second-order valence-corrected chi connectivity index (χ2v) is 8.52. The van der Waals surface area contributed by atoms with Gasteiger partial charge in [0.2, 0.25) is 0 Å². The highest BCUT2D eigenvalue weighted by Gasteiger charge is 2.25. The SMILES string of the molecule is CC(C)c1ccc(OCC(=O)N2CCc3nc(NC(=O)c4ccoc4)sc3C2)cc1. The van der Waals surface area contributed by atoms with Crippen LogP contribution in [0.3, 0.4) is 0 Å². The summed E-state index contributed by atoms with van der Waals surface area (Å²) in [5.41, 5.74) is 2.60. The summed E-state index contributed by atoms with van der Waals surface area (Å²) in [6.45, 7) is 5.33. The van der Waals surface area contributed by atoms with Crippen molar-refractivity contribution in [3.05, 3.63) is 64.6 Å². The Balaban J connectivity index is 1.32. The number of carbonyl (C=O) groups is 2. The number of benzene rings is 1. The highest BCUT2D eigenvalue weighted by Crippen LogP contribution is 2.29. The van der Waals surface area contributed by atoms with E-state index in [1.165, 1.54) is 29.4 Å². The van der Waals surface area contributed by atoms with Crippen LogP contribution < -0.4 is 10.1 Å². The molecule has 0 saturated heterocycles. The number of nitrogens with zero attached hydrogens (tertiary/aromatic N) is 2. The molecule has 0 unspecified atom stereocenters. The van der Waals surface area contributed by atoms with Crippen LogP contribution in [0.15, 0.2) is 47.3 Å². The summed E-state index contributed by atoms with van der Waals surface area (Å²) >= 11 is 1.39. The number of ether oxygens (including phenoxy) is 1. The summed E-state index contributed by atoms with van der Waals surface area (Å²) < 4.78 is 10.6. The number of amides is 2. The standard InChI is InChI=1S/C22H23N3O4S/c1-14(2)15-3-5-17(6-4-15)29-13-20(26)25-9-7-18-19(11-25)30-22(23-18)24-21(27)16-8-10-28-12-16/h3-6,8,10,12,14H,7,9,11,13H2,1-2H3,(H,23,24,27). The predicted molar refractivity (Wildman–Crippen MR) is 114 cm³/mol. The molecule has 1 aliphatic heterocycles. The van der Waals surface area contributed by atoms with E-state index in [4.69, 9.17) is 9.15 Å². The van der Waals surface area contributed by atoms with E-state index >= 15 is 0 Å². The van der Waals surface area contributed by atoms with Gasteiger partial charge < -0.3 is 14.1 Å². The van der Waals surface area contributed by atoms with Crippen molar-refractivity contribution in [3.63, 3.8) is 0 Å². The molecule has 0 radical (unpaired) electrons. The third-order valence-electron chi connectivity index (χ3n) is 5.00. The molecule has 0 aliphatic carbocycles. The zero-order valence-electron chi connectivity index (χ0n) is 16.9. The molecule has 3 aromatic rings. The summed E-state index contributed by atoms with van der Waals surface area (Å²) in [5.74, 6) is 0.815. The smallest absolute Gasteiger partial charge is 0.260 e. The highest BCUT2D eigenvalue weighted by molar-refractivity contribution is 7.15. The summed E-state index contributed by atoms with van der Waals surface area (Å²) in [6.07, 6.45) is 3.49. The van der Waals surface area contributed by atoms with Gasteiger partial charge in [-0.15, -0.1) is 0 Å². The normalized spacial score (nSPS) is 13.2. The van der Waals surface area contributed by atoms with E-state index in [2.05, 4.69) is 24.1 Å². The number of thiazole rings is 1. The van der Waals surface area contributed by atoms with Crippen LogP contribution in [0, 0.1) is 0 Å². The maximum atomic E-state index is 12.6. The van der Waals surface area contributed by atoms with E-state index in [0.717, 1.165) is 10.6 Å². The summed E-state index contributed by atoms with van der Waals surface area (Å²) in [7, 11) is 0. The molecule has 2 aromatic heterocycles. The van der Waals surface area contributed by atoms with Crippen molar-refractivity contribution >= 4 is 28.3 Å². The first-order valence-corrected chi connectivity index (χ1v) is 10.6. The van der Waals surface area contributed by atoms with Gasteiger partial charge in [-0.3, -0.25) is 14.9 Å². The molecule has 1 N–H and O–H groups in total. The van der Waals surface area contributed by atoms with Crippen molar-refractivity contribution in [2.24, 2.45) is 0 Å². The number of rotatable bonds is 6. The van der Waals surface area contributed by atoms with Gasteiger partial charge in [-0.2, -0.15) is 0 Å². The molecule has 1 aromatic carbocycles. The molecular formula is C22H23N3O4S. The molecule has 7 nitrogen and oxygen atoms in total. The maximum Gasteiger partial charge on any atom is 0.260 e. The molecule has 0 saturated carbocycles. The molecule has 0 fully saturated rings. The van der Waals surface area contributed by atoms with E-state index in [0.29, 0.717) is 41.9 Å². The van der Waals surface area contributed by atoms with Crippen molar-refractivity contribution in [1.82, 2.24) is 9.88 Å². The first-order chi connectivity index (χ1) is 14.5. The van der Waals surface area contributed by atoms with E-state index in [9.17, 15) is 9.59 Å². The Hall–Kier alpha value is -3.13. The zero-order valence-corrected chi connectivity index (χ0v) is 17.7. The Morgan fingerprint density at radius 1 is 1.27 bits per heavy atom. The van der Waals surface area contributed by atoms with Crippen LogP contribution in [-0.4, -0.2) is 34.8 Å². The first kappa shape index (κ1) is 20.2. The molecular weight excluding hydrogens is 402 g/mol.